The van der Waals surface area contributed by atoms with E-state index >= 15 is 0 Å². The Morgan fingerprint density at radius 2 is 1.84 bits per heavy atom. The van der Waals surface area contributed by atoms with Crippen molar-refractivity contribution in [2.24, 2.45) is 0 Å². The molecule has 0 atom stereocenters. The van der Waals surface area contributed by atoms with Crippen LogP contribution in [-0.4, -0.2) is 57.8 Å². The average molecular weight is 454 g/mol. The Kier molecular flexibility index (Phi) is 5.21. The molecule has 0 spiro atoms. The van der Waals surface area contributed by atoms with Gasteiger partial charge in [0.15, 0.2) is 11.5 Å². The molecule has 1 aromatic carbocycles. The molecule has 0 N–H and O–H groups in total. The van der Waals surface area contributed by atoms with Crippen molar-refractivity contribution in [1.82, 2.24) is 14.4 Å². The number of carbonyl (C=O) groups excluding carboxylic acids is 3. The lowest BCUT2D eigenvalue weighted by molar-refractivity contribution is -0.135. The molecular formula is C23H23N3O5S. The molecule has 2 saturated heterocycles. The molecule has 0 radical (unpaired) electrons. The summed E-state index contributed by atoms with van der Waals surface area (Å²) in [6, 6.07) is 7.72. The molecule has 32 heavy (non-hydrogen) atoms. The van der Waals surface area contributed by atoms with Gasteiger partial charge in [-0.15, -0.1) is 0 Å². The fourth-order valence-electron chi connectivity index (χ4n) is 4.33. The zero-order valence-corrected chi connectivity index (χ0v) is 18.7. The minimum Gasteiger partial charge on any atom is -0.454 e. The van der Waals surface area contributed by atoms with Crippen LogP contribution in [-0.2, 0) is 9.59 Å². The predicted octanol–water partition coefficient (Wildman–Crippen LogP) is 3.48. The highest BCUT2D eigenvalue weighted by Crippen LogP contribution is 2.36. The molecule has 2 fully saturated rings. The van der Waals surface area contributed by atoms with E-state index in [4.69, 9.17) is 9.47 Å². The molecule has 4 heterocycles. The van der Waals surface area contributed by atoms with E-state index in [0.29, 0.717) is 29.5 Å². The second-order valence-electron chi connectivity index (χ2n) is 8.06. The van der Waals surface area contributed by atoms with E-state index in [1.54, 1.807) is 11.0 Å². The van der Waals surface area contributed by atoms with Crippen LogP contribution in [0.1, 0.15) is 29.8 Å². The summed E-state index contributed by atoms with van der Waals surface area (Å²) >= 11 is 0.879. The van der Waals surface area contributed by atoms with E-state index in [9.17, 15) is 14.4 Å². The number of benzene rings is 1. The molecule has 8 nitrogen and oxygen atoms in total. The van der Waals surface area contributed by atoms with Crippen LogP contribution in [0.3, 0.4) is 0 Å². The van der Waals surface area contributed by atoms with Crippen LogP contribution in [0.2, 0.25) is 0 Å². The van der Waals surface area contributed by atoms with Crippen molar-refractivity contribution < 1.29 is 23.9 Å². The summed E-state index contributed by atoms with van der Waals surface area (Å²) in [6.45, 7) is 5.34. The summed E-state index contributed by atoms with van der Waals surface area (Å²) in [7, 11) is 0. The Bertz CT molecular complexity index is 1160. The van der Waals surface area contributed by atoms with Crippen molar-refractivity contribution in [3.05, 3.63) is 46.1 Å². The number of nitrogens with zero attached hydrogens (tertiary/aromatic N) is 3. The molecule has 0 aliphatic carbocycles. The maximum atomic E-state index is 12.9. The Morgan fingerprint density at radius 3 is 2.62 bits per heavy atom. The second-order valence-corrected chi connectivity index (χ2v) is 9.05. The topological polar surface area (TPSA) is 81.1 Å². The summed E-state index contributed by atoms with van der Waals surface area (Å²) in [6.07, 6.45) is 3.66. The van der Waals surface area contributed by atoms with E-state index in [0.717, 1.165) is 52.1 Å². The molecular weight excluding hydrogens is 430 g/mol. The Balaban J connectivity index is 1.39. The fraction of sp³-hybridized carbons (Fsp3) is 0.348. The van der Waals surface area contributed by atoms with Gasteiger partial charge in [0.2, 0.25) is 12.7 Å². The van der Waals surface area contributed by atoms with Gasteiger partial charge in [0, 0.05) is 36.2 Å². The zero-order chi connectivity index (χ0) is 22.4. The van der Waals surface area contributed by atoms with Gasteiger partial charge < -0.3 is 18.9 Å². The van der Waals surface area contributed by atoms with Gasteiger partial charge in [0.05, 0.1) is 4.91 Å². The normalized spacial score (nSPS) is 19.0. The van der Waals surface area contributed by atoms with Crippen molar-refractivity contribution in [2.45, 2.75) is 26.7 Å². The van der Waals surface area contributed by atoms with Crippen molar-refractivity contribution in [3.8, 4) is 17.2 Å². The van der Waals surface area contributed by atoms with Crippen LogP contribution < -0.4 is 9.47 Å². The van der Waals surface area contributed by atoms with E-state index < -0.39 is 11.1 Å². The number of hydrogen-bond donors (Lipinski definition) is 0. The largest absolute Gasteiger partial charge is 0.454 e. The van der Waals surface area contributed by atoms with Gasteiger partial charge >= 0.3 is 0 Å². The predicted molar refractivity (Wildman–Crippen MR) is 120 cm³/mol. The van der Waals surface area contributed by atoms with E-state index in [1.807, 2.05) is 38.1 Å². The van der Waals surface area contributed by atoms with Crippen LogP contribution in [0.15, 0.2) is 29.2 Å². The van der Waals surface area contributed by atoms with Gasteiger partial charge in [0.25, 0.3) is 11.1 Å². The third kappa shape index (κ3) is 3.56. The summed E-state index contributed by atoms with van der Waals surface area (Å²) in [5.41, 5.74) is 3.68. The summed E-state index contributed by atoms with van der Waals surface area (Å²) in [4.78, 5) is 40.8. The molecule has 0 bridgehead atoms. The third-order valence-electron chi connectivity index (χ3n) is 6.00. The van der Waals surface area contributed by atoms with E-state index in [-0.39, 0.29) is 19.2 Å². The van der Waals surface area contributed by atoms with E-state index in [1.165, 1.54) is 0 Å². The number of thioether (sulfide) groups is 1. The Labute approximate surface area is 189 Å². The van der Waals surface area contributed by atoms with Gasteiger partial charge in [0.1, 0.15) is 6.54 Å². The van der Waals surface area contributed by atoms with Gasteiger partial charge in [-0.1, -0.05) is 0 Å². The highest BCUT2D eigenvalue weighted by atomic mass is 32.2. The van der Waals surface area contributed by atoms with E-state index in [2.05, 4.69) is 4.57 Å². The lowest BCUT2D eigenvalue weighted by Crippen LogP contribution is -2.40. The quantitative estimate of drug-likeness (QED) is 0.660. The number of aromatic nitrogens is 1. The molecule has 3 amide bonds. The lowest BCUT2D eigenvalue weighted by Gasteiger charge is -2.18. The van der Waals surface area contributed by atoms with Gasteiger partial charge in [-0.05, 0) is 68.3 Å². The smallest absolute Gasteiger partial charge is 0.294 e. The van der Waals surface area contributed by atoms with Crippen molar-refractivity contribution in [1.29, 1.82) is 0 Å². The Hall–Kier alpha value is -3.20. The first-order chi connectivity index (χ1) is 15.4. The number of fused-ring (bicyclic) bond motifs is 1. The van der Waals surface area contributed by atoms with Crippen molar-refractivity contribution in [2.75, 3.05) is 26.4 Å². The molecule has 0 saturated carbocycles. The van der Waals surface area contributed by atoms with Crippen LogP contribution in [0.4, 0.5) is 4.79 Å². The third-order valence-corrected chi connectivity index (χ3v) is 6.90. The molecule has 3 aliphatic heterocycles. The van der Waals surface area contributed by atoms with Gasteiger partial charge in [-0.2, -0.15) is 0 Å². The van der Waals surface area contributed by atoms with Crippen LogP contribution in [0.25, 0.3) is 11.8 Å². The summed E-state index contributed by atoms with van der Waals surface area (Å²) < 4.78 is 12.9. The number of amides is 3. The minimum atomic E-state index is -0.416. The number of imide groups is 1. The maximum absolute atomic E-state index is 12.9. The maximum Gasteiger partial charge on any atom is 0.294 e. The monoisotopic (exact) mass is 453 g/mol. The number of rotatable bonds is 4. The number of ether oxygens (including phenoxy) is 2. The van der Waals surface area contributed by atoms with Crippen LogP contribution >= 0.6 is 11.8 Å². The highest BCUT2D eigenvalue weighted by Gasteiger charge is 2.37. The fourth-order valence-corrected chi connectivity index (χ4v) is 5.16. The molecule has 9 heteroatoms. The standard InChI is InChI=1S/C23H23N3O5S/c1-14-9-16(15(2)26(14)17-5-6-18-19(11-17)31-13-30-18)10-20-22(28)25(23(29)32-20)12-21(27)24-7-3-4-8-24/h5-6,9-11H,3-4,7-8,12-13H2,1-2H3/b20-10+. The Morgan fingerprint density at radius 1 is 1.09 bits per heavy atom. The first kappa shape index (κ1) is 20.7. The molecule has 2 aromatic rings. The number of aryl methyl sites for hydroxylation is 1. The van der Waals surface area contributed by atoms with Crippen molar-refractivity contribution in [3.63, 3.8) is 0 Å². The molecule has 1 aromatic heterocycles. The molecule has 5 rings (SSSR count). The van der Waals surface area contributed by atoms with Gasteiger partial charge in [-0.3, -0.25) is 19.3 Å². The van der Waals surface area contributed by atoms with Crippen LogP contribution in [0.5, 0.6) is 11.5 Å². The first-order valence-electron chi connectivity index (χ1n) is 10.5. The second kappa shape index (κ2) is 8.05. The minimum absolute atomic E-state index is 0.174. The van der Waals surface area contributed by atoms with Gasteiger partial charge in [-0.25, -0.2) is 0 Å². The average Bonchev–Trinajstić information content (AvgIpc) is 3.54. The molecule has 166 valence electrons. The molecule has 3 aliphatic rings. The molecule has 0 unspecified atom stereocenters. The first-order valence-corrected chi connectivity index (χ1v) is 11.4. The zero-order valence-electron chi connectivity index (χ0n) is 17.9. The summed E-state index contributed by atoms with van der Waals surface area (Å²) in [5.74, 6) is 0.821. The number of hydrogen-bond acceptors (Lipinski definition) is 6. The number of likely N-dealkylation sites (tertiary alicyclic amines) is 1. The number of carbonyl (C=O) groups is 3. The van der Waals surface area contributed by atoms with Crippen LogP contribution in [0, 0.1) is 13.8 Å². The lowest BCUT2D eigenvalue weighted by atomic mass is 10.2. The van der Waals surface area contributed by atoms with Crippen molar-refractivity contribution >= 4 is 34.9 Å². The highest BCUT2D eigenvalue weighted by molar-refractivity contribution is 8.18. The SMILES string of the molecule is Cc1cc(/C=C2/SC(=O)N(CC(=O)N3CCCC3)C2=O)c(C)n1-c1ccc2c(c1)OCO2. The summed E-state index contributed by atoms with van der Waals surface area (Å²) in [5, 5.41) is -0.404.